The molecule has 0 unspecified atom stereocenters. The van der Waals surface area contributed by atoms with Crippen molar-refractivity contribution in [3.05, 3.63) is 51.6 Å². The van der Waals surface area contributed by atoms with E-state index in [4.69, 9.17) is 0 Å². The van der Waals surface area contributed by atoms with Crippen molar-refractivity contribution in [1.82, 2.24) is 9.97 Å². The van der Waals surface area contributed by atoms with Crippen LogP contribution >= 0.6 is 0 Å². The SMILES string of the molecule is C[C@@H]1CCCCN1c1nc2c(c(=O)[nH]1)[C@@H](c1ccc(F)cc1)[C@@H](C#N)C(=O)N2. The Balaban J connectivity index is 1.84. The van der Waals surface area contributed by atoms with Gasteiger partial charge in [0, 0.05) is 18.5 Å². The van der Waals surface area contributed by atoms with Crippen LogP contribution in [-0.2, 0) is 4.79 Å². The van der Waals surface area contributed by atoms with Gasteiger partial charge in [-0.05, 0) is 43.9 Å². The van der Waals surface area contributed by atoms with Gasteiger partial charge in [-0.15, -0.1) is 0 Å². The Hall–Kier alpha value is -3.21. The summed E-state index contributed by atoms with van der Waals surface area (Å²) in [6, 6.07) is 7.69. The van der Waals surface area contributed by atoms with Gasteiger partial charge in [-0.3, -0.25) is 14.6 Å². The molecular formula is C20H20FN5O2. The quantitative estimate of drug-likeness (QED) is 0.832. The number of amides is 1. The molecule has 1 aromatic heterocycles. The molecule has 0 spiro atoms. The zero-order chi connectivity index (χ0) is 19.8. The van der Waals surface area contributed by atoms with E-state index in [0.717, 1.165) is 25.8 Å². The largest absolute Gasteiger partial charge is 0.340 e. The maximum atomic E-state index is 13.4. The molecule has 2 aromatic rings. The summed E-state index contributed by atoms with van der Waals surface area (Å²) in [7, 11) is 0. The second-order valence-corrected chi connectivity index (χ2v) is 7.32. The maximum absolute atomic E-state index is 13.4. The number of hydrogen-bond acceptors (Lipinski definition) is 5. The average Bonchev–Trinajstić information content (AvgIpc) is 2.68. The molecular weight excluding hydrogens is 361 g/mol. The summed E-state index contributed by atoms with van der Waals surface area (Å²) in [4.78, 5) is 34.9. The van der Waals surface area contributed by atoms with E-state index in [-0.39, 0.29) is 17.4 Å². The Bertz CT molecular complexity index is 1010. The third-order valence-corrected chi connectivity index (χ3v) is 5.55. The van der Waals surface area contributed by atoms with Gasteiger partial charge in [0.25, 0.3) is 5.56 Å². The van der Waals surface area contributed by atoms with Gasteiger partial charge in [-0.1, -0.05) is 12.1 Å². The lowest BCUT2D eigenvalue weighted by atomic mass is 9.79. The van der Waals surface area contributed by atoms with E-state index in [0.29, 0.717) is 11.5 Å². The third-order valence-electron chi connectivity index (χ3n) is 5.55. The molecule has 0 bridgehead atoms. The molecule has 28 heavy (non-hydrogen) atoms. The number of aromatic nitrogens is 2. The van der Waals surface area contributed by atoms with Gasteiger partial charge in [0.05, 0.1) is 11.6 Å². The standard InChI is InChI=1S/C20H20FN5O2/c1-11-4-2-3-9-26(11)20-24-17-16(19(28)25-20)15(14(10-22)18(27)23-17)12-5-7-13(21)8-6-12/h5-8,11,14-15H,2-4,9H2,1H3,(H2,23,24,25,27,28)/t11-,14-,15+/m1/s1. The van der Waals surface area contributed by atoms with Crippen LogP contribution in [0.15, 0.2) is 29.1 Å². The monoisotopic (exact) mass is 381 g/mol. The fraction of sp³-hybridized carbons (Fsp3) is 0.400. The van der Waals surface area contributed by atoms with Gasteiger partial charge in [0.1, 0.15) is 17.6 Å². The number of rotatable bonds is 2. The summed E-state index contributed by atoms with van der Waals surface area (Å²) in [5.74, 6) is -2.26. The second-order valence-electron chi connectivity index (χ2n) is 7.32. The summed E-state index contributed by atoms with van der Waals surface area (Å²) in [6.07, 6.45) is 3.13. The summed E-state index contributed by atoms with van der Waals surface area (Å²) >= 11 is 0. The molecule has 1 amide bonds. The van der Waals surface area contributed by atoms with Crippen molar-refractivity contribution in [2.24, 2.45) is 5.92 Å². The fourth-order valence-corrected chi connectivity index (χ4v) is 4.08. The number of aromatic amines is 1. The minimum absolute atomic E-state index is 0.169. The van der Waals surface area contributed by atoms with Crippen LogP contribution < -0.4 is 15.8 Å². The lowest BCUT2D eigenvalue weighted by molar-refractivity contribution is -0.119. The van der Waals surface area contributed by atoms with E-state index in [1.807, 2.05) is 11.0 Å². The molecule has 0 radical (unpaired) electrons. The molecule has 7 nitrogen and oxygen atoms in total. The first-order valence-electron chi connectivity index (χ1n) is 9.36. The number of hydrogen-bond donors (Lipinski definition) is 2. The number of piperidine rings is 1. The zero-order valence-electron chi connectivity index (χ0n) is 15.4. The predicted molar refractivity (Wildman–Crippen MR) is 101 cm³/mol. The minimum atomic E-state index is -1.10. The maximum Gasteiger partial charge on any atom is 0.258 e. The van der Waals surface area contributed by atoms with Crippen LogP contribution in [0.1, 0.15) is 43.2 Å². The molecule has 3 atom stereocenters. The highest BCUT2D eigenvalue weighted by atomic mass is 19.1. The van der Waals surface area contributed by atoms with Gasteiger partial charge in [0.2, 0.25) is 11.9 Å². The van der Waals surface area contributed by atoms with Crippen molar-refractivity contribution >= 4 is 17.7 Å². The Morgan fingerprint density at radius 1 is 1.25 bits per heavy atom. The second kappa shape index (κ2) is 7.08. The zero-order valence-corrected chi connectivity index (χ0v) is 15.4. The van der Waals surface area contributed by atoms with Crippen LogP contribution in [0.3, 0.4) is 0 Å². The molecule has 0 aliphatic carbocycles. The van der Waals surface area contributed by atoms with Crippen LogP contribution in [0.5, 0.6) is 0 Å². The molecule has 2 N–H and O–H groups in total. The first kappa shape index (κ1) is 18.2. The molecule has 144 valence electrons. The highest BCUT2D eigenvalue weighted by molar-refractivity contribution is 5.97. The van der Waals surface area contributed by atoms with E-state index in [9.17, 15) is 19.2 Å². The van der Waals surface area contributed by atoms with E-state index < -0.39 is 29.1 Å². The third kappa shape index (κ3) is 3.03. The number of benzene rings is 1. The van der Waals surface area contributed by atoms with Crippen LogP contribution in [0.2, 0.25) is 0 Å². The van der Waals surface area contributed by atoms with Crippen LogP contribution in [0.4, 0.5) is 16.2 Å². The molecule has 1 fully saturated rings. The fourth-order valence-electron chi connectivity index (χ4n) is 4.08. The van der Waals surface area contributed by atoms with Gasteiger partial charge in [0.15, 0.2) is 0 Å². The van der Waals surface area contributed by atoms with Crippen LogP contribution in [0.25, 0.3) is 0 Å². The molecule has 2 aliphatic rings. The number of nitriles is 1. The summed E-state index contributed by atoms with van der Waals surface area (Å²) < 4.78 is 13.4. The normalized spacial score (nSPS) is 24.2. The van der Waals surface area contributed by atoms with Crippen molar-refractivity contribution in [2.75, 3.05) is 16.8 Å². The van der Waals surface area contributed by atoms with Crippen molar-refractivity contribution in [2.45, 2.75) is 38.1 Å². The minimum Gasteiger partial charge on any atom is -0.340 e. The molecule has 4 rings (SSSR count). The summed E-state index contributed by atoms with van der Waals surface area (Å²) in [5.41, 5.74) is 0.356. The predicted octanol–water partition coefficient (Wildman–Crippen LogP) is 2.51. The van der Waals surface area contributed by atoms with Gasteiger partial charge in [-0.2, -0.15) is 10.2 Å². The molecule has 8 heteroatoms. The molecule has 1 saturated heterocycles. The van der Waals surface area contributed by atoms with Gasteiger partial charge < -0.3 is 10.2 Å². The number of anilines is 2. The smallest absolute Gasteiger partial charge is 0.258 e. The number of halogens is 1. The van der Waals surface area contributed by atoms with Gasteiger partial charge in [-0.25, -0.2) is 4.39 Å². The molecule has 1 aromatic carbocycles. The summed E-state index contributed by atoms with van der Waals surface area (Å²) in [6.45, 7) is 2.85. The lowest BCUT2D eigenvalue weighted by Crippen LogP contribution is -2.42. The van der Waals surface area contributed by atoms with Crippen LogP contribution in [0, 0.1) is 23.1 Å². The number of H-pyrrole nitrogens is 1. The number of carbonyl (C=O) groups is 1. The van der Waals surface area contributed by atoms with Gasteiger partial charge >= 0.3 is 0 Å². The Labute approximate surface area is 161 Å². The number of carbonyl (C=O) groups excluding carboxylic acids is 1. The molecule has 2 aliphatic heterocycles. The Morgan fingerprint density at radius 2 is 2.00 bits per heavy atom. The lowest BCUT2D eigenvalue weighted by Gasteiger charge is -2.35. The first-order valence-corrected chi connectivity index (χ1v) is 9.36. The highest BCUT2D eigenvalue weighted by Gasteiger charge is 2.40. The van der Waals surface area contributed by atoms with E-state index in [2.05, 4.69) is 22.2 Å². The number of nitrogens with one attached hydrogen (secondary N) is 2. The molecule has 3 heterocycles. The van der Waals surface area contributed by atoms with Crippen molar-refractivity contribution in [1.29, 1.82) is 5.26 Å². The van der Waals surface area contributed by atoms with Crippen molar-refractivity contribution in [3.63, 3.8) is 0 Å². The van der Waals surface area contributed by atoms with Crippen molar-refractivity contribution in [3.8, 4) is 6.07 Å². The van der Waals surface area contributed by atoms with Crippen molar-refractivity contribution < 1.29 is 9.18 Å². The number of fused-ring (bicyclic) bond motifs is 1. The van der Waals surface area contributed by atoms with E-state index >= 15 is 0 Å². The summed E-state index contributed by atoms with van der Waals surface area (Å²) in [5, 5.41) is 12.1. The topological polar surface area (TPSA) is 102 Å². The molecule has 0 saturated carbocycles. The average molecular weight is 381 g/mol. The van der Waals surface area contributed by atoms with E-state index in [1.165, 1.54) is 24.3 Å². The Morgan fingerprint density at radius 3 is 2.68 bits per heavy atom. The highest BCUT2D eigenvalue weighted by Crippen LogP contribution is 2.38. The Kier molecular flexibility index (Phi) is 4.59. The van der Waals surface area contributed by atoms with Crippen LogP contribution in [-0.4, -0.2) is 28.5 Å². The number of nitrogens with zero attached hydrogens (tertiary/aromatic N) is 3. The van der Waals surface area contributed by atoms with E-state index in [1.54, 1.807) is 0 Å². The first-order chi connectivity index (χ1) is 13.5.